The maximum absolute atomic E-state index is 13.4. The number of aryl methyl sites for hydroxylation is 1. The highest BCUT2D eigenvalue weighted by molar-refractivity contribution is 5.98. The number of likely N-dealkylation sites (N-methyl/N-ethyl adjacent to an activating group) is 1. The lowest BCUT2D eigenvalue weighted by molar-refractivity contribution is -0.137. The van der Waals surface area contributed by atoms with Gasteiger partial charge in [0.25, 0.3) is 5.91 Å². The number of benzene rings is 2. The minimum atomic E-state index is -0.724. The summed E-state index contributed by atoms with van der Waals surface area (Å²) in [7, 11) is 1.59. The van der Waals surface area contributed by atoms with Crippen molar-refractivity contribution in [1.29, 1.82) is 0 Å². The van der Waals surface area contributed by atoms with E-state index in [1.165, 1.54) is 16.1 Å². The van der Waals surface area contributed by atoms with Crippen LogP contribution in [0.15, 0.2) is 71.3 Å². The van der Waals surface area contributed by atoms with Crippen molar-refractivity contribution in [3.8, 4) is 0 Å². The van der Waals surface area contributed by atoms with Crippen LogP contribution in [0.3, 0.4) is 0 Å². The minimum Gasteiger partial charge on any atom is -0.459 e. The predicted molar refractivity (Wildman–Crippen MR) is 125 cm³/mol. The lowest BCUT2D eigenvalue weighted by atomic mass is 9.93. The second kappa shape index (κ2) is 9.73. The highest BCUT2D eigenvalue weighted by atomic mass is 16.3. The summed E-state index contributed by atoms with van der Waals surface area (Å²) in [6.07, 6.45) is 2.61. The number of para-hydroxylation sites is 1. The lowest BCUT2D eigenvalue weighted by Gasteiger charge is -2.37. The van der Waals surface area contributed by atoms with E-state index in [4.69, 9.17) is 4.42 Å². The Labute approximate surface area is 193 Å². The van der Waals surface area contributed by atoms with Gasteiger partial charge in [-0.3, -0.25) is 14.4 Å². The van der Waals surface area contributed by atoms with E-state index in [1.54, 1.807) is 19.2 Å². The van der Waals surface area contributed by atoms with Crippen LogP contribution < -0.4 is 5.32 Å². The second-order valence-corrected chi connectivity index (χ2v) is 8.15. The summed E-state index contributed by atoms with van der Waals surface area (Å²) in [5.41, 5.74) is 3.79. The molecule has 0 radical (unpaired) electrons. The van der Waals surface area contributed by atoms with E-state index < -0.39 is 6.04 Å². The molecule has 3 amide bonds. The Morgan fingerprint density at radius 1 is 1.03 bits per heavy atom. The van der Waals surface area contributed by atoms with E-state index in [-0.39, 0.29) is 30.0 Å². The Kier molecular flexibility index (Phi) is 6.58. The van der Waals surface area contributed by atoms with Crippen molar-refractivity contribution in [3.05, 3.63) is 89.4 Å². The molecule has 0 aliphatic carbocycles. The number of furan rings is 1. The summed E-state index contributed by atoms with van der Waals surface area (Å²) >= 11 is 0. The number of hydrogen-bond donors (Lipinski definition) is 1. The molecule has 1 aliphatic rings. The Bertz CT molecular complexity index is 1160. The molecule has 170 valence electrons. The Balaban J connectivity index is 1.51. The van der Waals surface area contributed by atoms with Crippen molar-refractivity contribution in [2.45, 2.75) is 32.4 Å². The molecule has 33 heavy (non-hydrogen) atoms. The molecule has 0 fully saturated rings. The molecule has 1 atom stereocenters. The monoisotopic (exact) mass is 445 g/mol. The summed E-state index contributed by atoms with van der Waals surface area (Å²) in [4.78, 5) is 42.1. The fourth-order valence-corrected chi connectivity index (χ4v) is 4.19. The van der Waals surface area contributed by atoms with Crippen LogP contribution in [0.2, 0.25) is 0 Å². The van der Waals surface area contributed by atoms with Crippen molar-refractivity contribution < 1.29 is 18.8 Å². The lowest BCUT2D eigenvalue weighted by Crippen LogP contribution is -2.53. The van der Waals surface area contributed by atoms with E-state index in [0.29, 0.717) is 13.0 Å². The van der Waals surface area contributed by atoms with Crippen LogP contribution in [0, 0.1) is 0 Å². The van der Waals surface area contributed by atoms with Crippen molar-refractivity contribution in [3.63, 3.8) is 0 Å². The summed E-state index contributed by atoms with van der Waals surface area (Å²) in [5.74, 6) is -0.735. The minimum absolute atomic E-state index is 0.113. The van der Waals surface area contributed by atoms with Gasteiger partial charge >= 0.3 is 0 Å². The zero-order valence-corrected chi connectivity index (χ0v) is 18.8. The molecule has 0 saturated heterocycles. The number of carbonyl (C=O) groups excluding carboxylic acids is 3. The molecule has 1 aliphatic heterocycles. The van der Waals surface area contributed by atoms with Gasteiger partial charge in [0, 0.05) is 25.7 Å². The average molecular weight is 446 g/mol. The number of rotatable bonds is 6. The SMILES string of the molecule is CCc1ccccc1NC(=O)CN(C)C(=O)C1Cc2ccccc2CN1C(=O)c1ccco1. The van der Waals surface area contributed by atoms with Gasteiger partial charge in [0.05, 0.1) is 12.8 Å². The zero-order chi connectivity index (χ0) is 23.4. The van der Waals surface area contributed by atoms with Crippen LogP contribution in [0.5, 0.6) is 0 Å². The van der Waals surface area contributed by atoms with Gasteiger partial charge in [-0.1, -0.05) is 49.4 Å². The summed E-state index contributed by atoms with van der Waals surface area (Å²) in [6.45, 7) is 2.21. The second-order valence-electron chi connectivity index (χ2n) is 8.15. The van der Waals surface area contributed by atoms with Crippen molar-refractivity contribution in [2.75, 3.05) is 18.9 Å². The standard InChI is InChI=1S/C26H27N3O4/c1-3-18-9-6-7-12-21(18)27-24(30)17-28(2)25(31)22-15-19-10-4-5-11-20(19)16-29(22)26(32)23-13-8-14-33-23/h4-14,22H,3,15-17H2,1-2H3,(H,27,30). The number of nitrogens with zero attached hydrogens (tertiary/aromatic N) is 2. The number of hydrogen-bond acceptors (Lipinski definition) is 4. The molecule has 0 bridgehead atoms. The average Bonchev–Trinajstić information content (AvgIpc) is 3.37. The molecule has 1 aromatic heterocycles. The van der Waals surface area contributed by atoms with Crippen LogP contribution in [-0.4, -0.2) is 47.2 Å². The van der Waals surface area contributed by atoms with E-state index >= 15 is 0 Å². The Hall–Kier alpha value is -3.87. The normalized spacial score (nSPS) is 15.0. The van der Waals surface area contributed by atoms with Gasteiger partial charge in [-0.25, -0.2) is 0 Å². The highest BCUT2D eigenvalue weighted by Crippen LogP contribution is 2.26. The molecular weight excluding hydrogens is 418 g/mol. The van der Waals surface area contributed by atoms with Crippen LogP contribution in [0.25, 0.3) is 0 Å². The van der Waals surface area contributed by atoms with E-state index in [9.17, 15) is 14.4 Å². The first-order valence-corrected chi connectivity index (χ1v) is 11.0. The first-order chi connectivity index (χ1) is 16.0. The number of anilines is 1. The molecular formula is C26H27N3O4. The number of fused-ring (bicyclic) bond motifs is 1. The number of amides is 3. The van der Waals surface area contributed by atoms with Gasteiger partial charge in [-0.05, 0) is 41.3 Å². The van der Waals surface area contributed by atoms with Crippen LogP contribution >= 0.6 is 0 Å². The van der Waals surface area contributed by atoms with Crippen molar-refractivity contribution >= 4 is 23.4 Å². The van der Waals surface area contributed by atoms with Crippen LogP contribution in [-0.2, 0) is 29.0 Å². The van der Waals surface area contributed by atoms with Gasteiger partial charge in [-0.2, -0.15) is 0 Å². The topological polar surface area (TPSA) is 82.9 Å². The molecule has 4 rings (SSSR count). The first-order valence-electron chi connectivity index (χ1n) is 11.0. The number of carbonyl (C=O) groups is 3. The molecule has 7 heteroatoms. The van der Waals surface area contributed by atoms with E-state index in [2.05, 4.69) is 5.32 Å². The molecule has 1 N–H and O–H groups in total. The largest absolute Gasteiger partial charge is 0.459 e. The highest BCUT2D eigenvalue weighted by Gasteiger charge is 2.37. The zero-order valence-electron chi connectivity index (χ0n) is 18.8. The van der Waals surface area contributed by atoms with Gasteiger partial charge in [-0.15, -0.1) is 0 Å². The Morgan fingerprint density at radius 2 is 1.76 bits per heavy atom. The fraction of sp³-hybridized carbons (Fsp3) is 0.269. The van der Waals surface area contributed by atoms with E-state index in [1.807, 2.05) is 55.5 Å². The smallest absolute Gasteiger partial charge is 0.290 e. The maximum atomic E-state index is 13.4. The summed E-state index contributed by atoms with van der Waals surface area (Å²) in [5, 5.41) is 2.89. The van der Waals surface area contributed by atoms with Gasteiger partial charge in [0.1, 0.15) is 6.04 Å². The van der Waals surface area contributed by atoms with Gasteiger partial charge in [0.2, 0.25) is 11.8 Å². The maximum Gasteiger partial charge on any atom is 0.290 e. The third kappa shape index (κ3) is 4.82. The van der Waals surface area contributed by atoms with Crippen molar-refractivity contribution in [2.24, 2.45) is 0 Å². The Morgan fingerprint density at radius 3 is 2.48 bits per heavy atom. The third-order valence-electron chi connectivity index (χ3n) is 5.96. The molecule has 2 heterocycles. The molecule has 1 unspecified atom stereocenters. The summed E-state index contributed by atoms with van der Waals surface area (Å²) < 4.78 is 5.30. The van der Waals surface area contributed by atoms with Crippen LogP contribution in [0.4, 0.5) is 5.69 Å². The van der Waals surface area contributed by atoms with Crippen molar-refractivity contribution in [1.82, 2.24) is 9.80 Å². The quantitative estimate of drug-likeness (QED) is 0.630. The first kappa shape index (κ1) is 22.3. The molecule has 2 aromatic carbocycles. The van der Waals surface area contributed by atoms with E-state index in [0.717, 1.165) is 28.8 Å². The molecule has 0 saturated carbocycles. The van der Waals surface area contributed by atoms with Gasteiger partial charge in [0.15, 0.2) is 5.76 Å². The molecule has 3 aromatic rings. The fourth-order valence-electron chi connectivity index (χ4n) is 4.19. The molecule has 0 spiro atoms. The predicted octanol–water partition coefficient (Wildman–Crippen LogP) is 3.51. The summed E-state index contributed by atoms with van der Waals surface area (Å²) in [6, 6.07) is 17.9. The van der Waals surface area contributed by atoms with Gasteiger partial charge < -0.3 is 19.5 Å². The number of nitrogens with one attached hydrogen (secondary N) is 1. The molecule has 7 nitrogen and oxygen atoms in total. The van der Waals surface area contributed by atoms with Crippen LogP contribution in [0.1, 0.15) is 34.2 Å². The third-order valence-corrected chi connectivity index (χ3v) is 5.96.